The molecule has 28 heavy (non-hydrogen) atoms. The number of imide groups is 2. The van der Waals surface area contributed by atoms with Gasteiger partial charge < -0.3 is 9.80 Å². The number of hydrogen-bond acceptors (Lipinski definition) is 5. The summed E-state index contributed by atoms with van der Waals surface area (Å²) >= 11 is 0. The van der Waals surface area contributed by atoms with Crippen LogP contribution in [0.1, 0.15) is 5.56 Å². The first-order valence-corrected chi connectivity index (χ1v) is 9.41. The molecule has 0 bridgehead atoms. The Bertz CT molecular complexity index is 955. The highest BCUT2D eigenvalue weighted by atomic mass is 16.2. The number of benzene rings is 2. The summed E-state index contributed by atoms with van der Waals surface area (Å²) in [6.45, 7) is 1.99. The number of piperazine rings is 1. The molecule has 4 amide bonds. The van der Waals surface area contributed by atoms with Crippen LogP contribution < -0.4 is 20.4 Å². The van der Waals surface area contributed by atoms with Gasteiger partial charge >= 0.3 is 6.03 Å². The molecule has 0 radical (unpaired) electrons. The zero-order valence-corrected chi connectivity index (χ0v) is 15.2. The summed E-state index contributed by atoms with van der Waals surface area (Å²) < 4.78 is 0. The number of nitrogens with one attached hydrogen (secondary N) is 2. The number of nitrogens with zero attached hydrogens (tertiary/aromatic N) is 2. The number of amides is 4. The summed E-state index contributed by atoms with van der Waals surface area (Å²) in [7, 11) is 0. The average molecular weight is 376 g/mol. The fourth-order valence-electron chi connectivity index (χ4n) is 4.75. The van der Waals surface area contributed by atoms with E-state index in [0.717, 1.165) is 23.5 Å². The van der Waals surface area contributed by atoms with Crippen LogP contribution in [0.15, 0.2) is 54.6 Å². The number of urea groups is 1. The van der Waals surface area contributed by atoms with Crippen molar-refractivity contribution in [1.82, 2.24) is 10.6 Å². The van der Waals surface area contributed by atoms with Crippen LogP contribution in [-0.4, -0.2) is 43.5 Å². The molecule has 2 N–H and O–H groups in total. The lowest BCUT2D eigenvalue weighted by Crippen LogP contribution is -2.74. The van der Waals surface area contributed by atoms with E-state index in [-0.39, 0.29) is 12.5 Å². The van der Waals surface area contributed by atoms with Crippen LogP contribution in [0.4, 0.5) is 16.2 Å². The van der Waals surface area contributed by atoms with E-state index in [1.807, 2.05) is 54.6 Å². The van der Waals surface area contributed by atoms with E-state index in [1.54, 1.807) is 0 Å². The van der Waals surface area contributed by atoms with Gasteiger partial charge in [-0.2, -0.15) is 0 Å². The van der Waals surface area contributed by atoms with Crippen molar-refractivity contribution in [3.05, 3.63) is 60.2 Å². The van der Waals surface area contributed by atoms with Crippen molar-refractivity contribution in [3.63, 3.8) is 0 Å². The highest BCUT2D eigenvalue weighted by Gasteiger charge is 2.60. The van der Waals surface area contributed by atoms with E-state index in [4.69, 9.17) is 0 Å². The Balaban J connectivity index is 1.61. The molecule has 2 fully saturated rings. The Kier molecular flexibility index (Phi) is 3.65. The molecule has 1 spiro atoms. The zero-order valence-electron chi connectivity index (χ0n) is 15.2. The lowest BCUT2D eigenvalue weighted by molar-refractivity contribution is -0.146. The zero-order chi connectivity index (χ0) is 19.3. The van der Waals surface area contributed by atoms with E-state index < -0.39 is 23.3 Å². The summed E-state index contributed by atoms with van der Waals surface area (Å²) in [6.07, 6.45) is 0.276. The van der Waals surface area contributed by atoms with Gasteiger partial charge in [0.15, 0.2) is 5.41 Å². The molecule has 0 saturated carbocycles. The molecule has 3 aliphatic rings. The number of hydrogen-bond donors (Lipinski definition) is 2. The maximum atomic E-state index is 13.1. The quantitative estimate of drug-likeness (QED) is 0.733. The van der Waals surface area contributed by atoms with Crippen LogP contribution >= 0.6 is 0 Å². The number of carbonyl (C=O) groups excluding carboxylic acids is 3. The number of fused-ring (bicyclic) bond motifs is 4. The number of rotatable bonds is 1. The number of barbiturate groups is 1. The van der Waals surface area contributed by atoms with Gasteiger partial charge in [0.2, 0.25) is 11.8 Å². The van der Waals surface area contributed by atoms with Crippen molar-refractivity contribution in [3.8, 4) is 0 Å². The van der Waals surface area contributed by atoms with Gasteiger partial charge in [-0.05, 0) is 30.2 Å². The summed E-state index contributed by atoms with van der Waals surface area (Å²) in [4.78, 5) is 42.2. The van der Waals surface area contributed by atoms with Crippen LogP contribution in [0, 0.1) is 5.41 Å². The minimum Gasteiger partial charge on any atom is -0.368 e. The Morgan fingerprint density at radius 3 is 2.29 bits per heavy atom. The fourth-order valence-corrected chi connectivity index (χ4v) is 4.75. The molecule has 2 aromatic rings. The predicted molar refractivity (Wildman–Crippen MR) is 104 cm³/mol. The van der Waals surface area contributed by atoms with E-state index in [0.29, 0.717) is 13.1 Å². The van der Waals surface area contributed by atoms with Gasteiger partial charge in [-0.15, -0.1) is 0 Å². The maximum absolute atomic E-state index is 13.1. The fraction of sp³-hybridized carbons (Fsp3) is 0.286. The normalized spacial score (nSPS) is 23.0. The van der Waals surface area contributed by atoms with Crippen molar-refractivity contribution >= 4 is 29.2 Å². The van der Waals surface area contributed by atoms with Crippen molar-refractivity contribution in [2.24, 2.45) is 5.41 Å². The average Bonchev–Trinajstić information content (AvgIpc) is 2.72. The third-order valence-corrected chi connectivity index (χ3v) is 6.11. The molecule has 2 saturated heterocycles. The van der Waals surface area contributed by atoms with Crippen molar-refractivity contribution in [2.75, 3.05) is 29.4 Å². The van der Waals surface area contributed by atoms with Crippen molar-refractivity contribution in [2.45, 2.75) is 12.5 Å². The molecular weight excluding hydrogens is 356 g/mol. The van der Waals surface area contributed by atoms with Crippen LogP contribution in [0.3, 0.4) is 0 Å². The second kappa shape index (κ2) is 6.09. The van der Waals surface area contributed by atoms with Gasteiger partial charge in [0.1, 0.15) is 0 Å². The first-order chi connectivity index (χ1) is 13.6. The van der Waals surface area contributed by atoms with E-state index in [9.17, 15) is 14.4 Å². The minimum atomic E-state index is -1.34. The summed E-state index contributed by atoms with van der Waals surface area (Å²) in [6, 6.07) is 16.7. The number of para-hydroxylation sites is 2. The molecule has 0 aliphatic carbocycles. The Morgan fingerprint density at radius 2 is 1.54 bits per heavy atom. The van der Waals surface area contributed by atoms with Crippen LogP contribution in [0.2, 0.25) is 0 Å². The molecule has 3 heterocycles. The number of anilines is 2. The lowest BCUT2D eigenvalue weighted by atomic mass is 9.68. The Morgan fingerprint density at radius 1 is 0.857 bits per heavy atom. The van der Waals surface area contributed by atoms with E-state index in [2.05, 4.69) is 20.4 Å². The van der Waals surface area contributed by atoms with Crippen LogP contribution in [-0.2, 0) is 16.0 Å². The third-order valence-electron chi connectivity index (χ3n) is 6.11. The maximum Gasteiger partial charge on any atom is 0.328 e. The smallest absolute Gasteiger partial charge is 0.328 e. The van der Waals surface area contributed by atoms with Gasteiger partial charge in [0.05, 0.1) is 6.04 Å². The molecule has 3 aliphatic heterocycles. The largest absolute Gasteiger partial charge is 0.368 e. The van der Waals surface area contributed by atoms with Crippen molar-refractivity contribution < 1.29 is 14.4 Å². The summed E-state index contributed by atoms with van der Waals surface area (Å²) in [5.74, 6) is -1.03. The first kappa shape index (κ1) is 16.8. The molecule has 142 valence electrons. The molecule has 2 aromatic carbocycles. The highest BCUT2D eigenvalue weighted by Crippen LogP contribution is 2.44. The van der Waals surface area contributed by atoms with E-state index in [1.165, 1.54) is 0 Å². The molecule has 5 rings (SSSR count). The predicted octanol–water partition coefficient (Wildman–Crippen LogP) is 1.29. The molecule has 7 nitrogen and oxygen atoms in total. The first-order valence-electron chi connectivity index (χ1n) is 9.41. The van der Waals surface area contributed by atoms with Gasteiger partial charge in [0, 0.05) is 31.0 Å². The van der Waals surface area contributed by atoms with E-state index >= 15 is 0 Å². The van der Waals surface area contributed by atoms with Gasteiger partial charge in [0.25, 0.3) is 0 Å². The third kappa shape index (κ3) is 2.32. The standard InChI is InChI=1S/C21H20N4O3/c26-18-21(19(27)23-20(28)22-18)12-14-6-4-5-9-16(14)25-11-10-24(13-17(21)25)15-7-2-1-3-8-15/h1-9,17H,10-13H2,(H2,22,23,26,27,28)/t17-/m0/s1. The molecule has 7 heteroatoms. The van der Waals surface area contributed by atoms with Crippen LogP contribution in [0.25, 0.3) is 0 Å². The molecule has 0 unspecified atom stereocenters. The van der Waals surface area contributed by atoms with Gasteiger partial charge in [-0.3, -0.25) is 20.2 Å². The monoisotopic (exact) mass is 376 g/mol. The van der Waals surface area contributed by atoms with Crippen molar-refractivity contribution in [1.29, 1.82) is 0 Å². The van der Waals surface area contributed by atoms with Crippen LogP contribution in [0.5, 0.6) is 0 Å². The minimum absolute atomic E-state index is 0.276. The topological polar surface area (TPSA) is 81.8 Å². The SMILES string of the molecule is O=C1NC(=O)C2(Cc3ccccc3N3CCN(c4ccccc4)C[C@H]32)C(=O)N1. The second-order valence-corrected chi connectivity index (χ2v) is 7.50. The highest BCUT2D eigenvalue weighted by molar-refractivity contribution is 6.20. The Labute approximate surface area is 162 Å². The van der Waals surface area contributed by atoms with Gasteiger partial charge in [-0.1, -0.05) is 36.4 Å². The number of carbonyl (C=O) groups is 3. The second-order valence-electron chi connectivity index (χ2n) is 7.50. The molecule has 1 atom stereocenters. The van der Waals surface area contributed by atoms with Gasteiger partial charge in [-0.25, -0.2) is 4.79 Å². The lowest BCUT2D eigenvalue weighted by Gasteiger charge is -2.54. The summed E-state index contributed by atoms with van der Waals surface area (Å²) in [5.41, 5.74) is 1.73. The molecular formula is C21H20N4O3. The molecule has 0 aromatic heterocycles. The summed E-state index contributed by atoms with van der Waals surface area (Å²) in [5, 5.41) is 4.67. The Hall–Kier alpha value is -3.35.